The standard InChI is InChI=1S/C8H10N4O/c1-3-10-7-4-5-11-8(13)12(7)6(2)9/h3-5,9H,1-2H3/b9-6?,10-3-. The molecule has 0 fully saturated rings. The minimum Gasteiger partial charge on any atom is -0.288 e. The summed E-state index contributed by atoms with van der Waals surface area (Å²) < 4.78 is 1.14. The first-order valence-corrected chi connectivity index (χ1v) is 3.79. The second kappa shape index (κ2) is 3.75. The van der Waals surface area contributed by atoms with E-state index in [-0.39, 0.29) is 5.84 Å². The Kier molecular flexibility index (Phi) is 2.69. The molecule has 0 aliphatic heterocycles. The SMILES string of the molecule is C/C=N\c1ccnc(=O)n1C(C)=N. The van der Waals surface area contributed by atoms with Crippen molar-refractivity contribution in [2.24, 2.45) is 4.99 Å². The first-order chi connectivity index (χ1) is 6.16. The third-order valence-electron chi connectivity index (χ3n) is 1.43. The van der Waals surface area contributed by atoms with Crippen LogP contribution < -0.4 is 5.69 Å². The van der Waals surface area contributed by atoms with Crippen molar-refractivity contribution in [2.45, 2.75) is 13.8 Å². The van der Waals surface area contributed by atoms with Gasteiger partial charge in [0.1, 0.15) is 11.7 Å². The first-order valence-electron chi connectivity index (χ1n) is 3.79. The lowest BCUT2D eigenvalue weighted by Crippen LogP contribution is -2.26. The summed E-state index contributed by atoms with van der Waals surface area (Å²) in [7, 11) is 0. The maximum atomic E-state index is 11.2. The highest BCUT2D eigenvalue weighted by atomic mass is 16.1. The largest absolute Gasteiger partial charge is 0.354 e. The molecule has 0 spiro atoms. The van der Waals surface area contributed by atoms with E-state index in [1.165, 1.54) is 13.1 Å². The summed E-state index contributed by atoms with van der Waals surface area (Å²) in [4.78, 5) is 18.7. The van der Waals surface area contributed by atoms with Gasteiger partial charge in [0.05, 0.1) is 0 Å². The van der Waals surface area contributed by atoms with Crippen LogP contribution in [0.15, 0.2) is 22.1 Å². The van der Waals surface area contributed by atoms with Crippen LogP contribution in [0.4, 0.5) is 5.82 Å². The number of aromatic nitrogens is 2. The molecule has 1 N–H and O–H groups in total. The van der Waals surface area contributed by atoms with Gasteiger partial charge in [-0.2, -0.15) is 0 Å². The van der Waals surface area contributed by atoms with E-state index < -0.39 is 5.69 Å². The predicted molar refractivity (Wildman–Crippen MR) is 51.1 cm³/mol. The molecule has 0 aliphatic rings. The molecule has 0 aromatic carbocycles. The van der Waals surface area contributed by atoms with E-state index in [0.717, 1.165) is 4.57 Å². The van der Waals surface area contributed by atoms with Gasteiger partial charge < -0.3 is 0 Å². The quantitative estimate of drug-likeness (QED) is 0.510. The van der Waals surface area contributed by atoms with Crippen molar-refractivity contribution in [1.82, 2.24) is 9.55 Å². The van der Waals surface area contributed by atoms with E-state index in [2.05, 4.69) is 9.98 Å². The molecule has 0 unspecified atom stereocenters. The van der Waals surface area contributed by atoms with Crippen molar-refractivity contribution >= 4 is 17.9 Å². The van der Waals surface area contributed by atoms with Crippen LogP contribution in [-0.2, 0) is 0 Å². The summed E-state index contributed by atoms with van der Waals surface area (Å²) in [6.07, 6.45) is 2.94. The highest BCUT2D eigenvalue weighted by molar-refractivity contribution is 5.81. The van der Waals surface area contributed by atoms with E-state index in [1.807, 2.05) is 0 Å². The van der Waals surface area contributed by atoms with E-state index in [9.17, 15) is 4.79 Å². The summed E-state index contributed by atoms with van der Waals surface area (Å²) in [5.41, 5.74) is -0.476. The molecule has 1 heterocycles. The molecular weight excluding hydrogens is 168 g/mol. The van der Waals surface area contributed by atoms with Gasteiger partial charge in [-0.3, -0.25) is 5.41 Å². The maximum absolute atomic E-state index is 11.2. The lowest BCUT2D eigenvalue weighted by Gasteiger charge is -2.04. The summed E-state index contributed by atoms with van der Waals surface area (Å²) in [6.45, 7) is 3.26. The van der Waals surface area contributed by atoms with Gasteiger partial charge in [0.2, 0.25) is 0 Å². The average Bonchev–Trinajstić information content (AvgIpc) is 2.04. The molecule has 68 valence electrons. The zero-order valence-corrected chi connectivity index (χ0v) is 7.48. The van der Waals surface area contributed by atoms with E-state index >= 15 is 0 Å². The van der Waals surface area contributed by atoms with Crippen molar-refractivity contribution in [3.63, 3.8) is 0 Å². The van der Waals surface area contributed by atoms with Crippen LogP contribution in [0.25, 0.3) is 0 Å². The van der Waals surface area contributed by atoms with Crippen LogP contribution in [0.2, 0.25) is 0 Å². The normalized spacial score (nSPS) is 10.6. The monoisotopic (exact) mass is 178 g/mol. The average molecular weight is 178 g/mol. The molecule has 0 radical (unpaired) electrons. The first kappa shape index (κ1) is 9.31. The Morgan fingerprint density at radius 2 is 2.46 bits per heavy atom. The topological polar surface area (TPSA) is 71.1 Å². The van der Waals surface area contributed by atoms with Gasteiger partial charge in [0, 0.05) is 12.4 Å². The Morgan fingerprint density at radius 1 is 1.77 bits per heavy atom. The number of nitrogens with zero attached hydrogens (tertiary/aromatic N) is 3. The molecule has 5 heteroatoms. The van der Waals surface area contributed by atoms with Gasteiger partial charge in [-0.05, 0) is 19.9 Å². The lowest BCUT2D eigenvalue weighted by molar-refractivity contribution is 0.944. The second-order valence-electron chi connectivity index (χ2n) is 2.39. The van der Waals surface area contributed by atoms with Gasteiger partial charge >= 0.3 is 5.69 Å². The zero-order chi connectivity index (χ0) is 9.84. The molecule has 0 aliphatic carbocycles. The third kappa shape index (κ3) is 1.87. The van der Waals surface area contributed by atoms with Crippen LogP contribution in [0.3, 0.4) is 0 Å². The van der Waals surface area contributed by atoms with Crippen LogP contribution in [0.5, 0.6) is 0 Å². The number of rotatable bonds is 1. The van der Waals surface area contributed by atoms with Crippen molar-refractivity contribution in [3.05, 3.63) is 22.7 Å². The van der Waals surface area contributed by atoms with Crippen LogP contribution >= 0.6 is 0 Å². The van der Waals surface area contributed by atoms with Gasteiger partial charge in [-0.25, -0.2) is 19.3 Å². The molecule has 1 rings (SSSR count). The molecule has 0 saturated carbocycles. The maximum Gasteiger partial charge on any atom is 0.354 e. The Balaban J connectivity index is 3.43. The molecule has 1 aromatic rings. The van der Waals surface area contributed by atoms with E-state index in [0.29, 0.717) is 5.82 Å². The second-order valence-corrected chi connectivity index (χ2v) is 2.39. The minimum absolute atomic E-state index is 0.110. The zero-order valence-electron chi connectivity index (χ0n) is 7.48. The predicted octanol–water partition coefficient (Wildman–Crippen LogP) is 0.811. The van der Waals surface area contributed by atoms with Crippen molar-refractivity contribution < 1.29 is 0 Å². The molecular formula is C8H10N4O. The lowest BCUT2D eigenvalue weighted by atomic mass is 10.5. The van der Waals surface area contributed by atoms with Crippen molar-refractivity contribution in [2.75, 3.05) is 0 Å². The summed E-state index contributed by atoms with van der Waals surface area (Å²) in [5, 5.41) is 7.34. The summed E-state index contributed by atoms with van der Waals surface area (Å²) in [6, 6.07) is 1.58. The highest BCUT2D eigenvalue weighted by Crippen LogP contribution is 2.05. The number of aliphatic imine (C=N–C) groups is 1. The van der Waals surface area contributed by atoms with Crippen LogP contribution in [0, 0.1) is 5.41 Å². The number of hydrogen-bond donors (Lipinski definition) is 1. The van der Waals surface area contributed by atoms with E-state index in [1.54, 1.807) is 19.2 Å². The Labute approximate surface area is 75.3 Å². The Morgan fingerprint density at radius 3 is 3.00 bits per heavy atom. The fourth-order valence-electron chi connectivity index (χ4n) is 0.946. The Bertz CT molecular complexity index is 405. The molecule has 0 amide bonds. The minimum atomic E-state index is -0.476. The van der Waals surface area contributed by atoms with Gasteiger partial charge in [0.25, 0.3) is 0 Å². The number of nitrogens with one attached hydrogen (secondary N) is 1. The fourth-order valence-corrected chi connectivity index (χ4v) is 0.946. The molecule has 13 heavy (non-hydrogen) atoms. The van der Waals surface area contributed by atoms with Gasteiger partial charge in [-0.1, -0.05) is 0 Å². The van der Waals surface area contributed by atoms with Gasteiger partial charge in [-0.15, -0.1) is 0 Å². The molecule has 0 bridgehead atoms. The third-order valence-corrected chi connectivity index (χ3v) is 1.43. The molecule has 5 nitrogen and oxygen atoms in total. The highest BCUT2D eigenvalue weighted by Gasteiger charge is 2.03. The molecule has 0 atom stereocenters. The summed E-state index contributed by atoms with van der Waals surface area (Å²) in [5.74, 6) is 0.536. The Hall–Kier alpha value is -1.78. The number of hydrogen-bond acceptors (Lipinski definition) is 4. The van der Waals surface area contributed by atoms with Crippen LogP contribution in [-0.4, -0.2) is 21.6 Å². The van der Waals surface area contributed by atoms with Crippen molar-refractivity contribution in [3.8, 4) is 0 Å². The van der Waals surface area contributed by atoms with Crippen molar-refractivity contribution in [1.29, 1.82) is 5.41 Å². The summed E-state index contributed by atoms with van der Waals surface area (Å²) >= 11 is 0. The fraction of sp³-hybridized carbons (Fsp3) is 0.250. The smallest absolute Gasteiger partial charge is 0.288 e. The van der Waals surface area contributed by atoms with E-state index in [4.69, 9.17) is 5.41 Å². The molecule has 0 saturated heterocycles. The molecule has 1 aromatic heterocycles. The van der Waals surface area contributed by atoms with Crippen LogP contribution in [0.1, 0.15) is 13.8 Å². The van der Waals surface area contributed by atoms with Gasteiger partial charge in [0.15, 0.2) is 0 Å².